The lowest BCUT2D eigenvalue weighted by atomic mass is 10.2. The molecule has 2 atom stereocenters. The molecule has 0 saturated heterocycles. The first kappa shape index (κ1) is 9.01. The van der Waals surface area contributed by atoms with Gasteiger partial charge in [-0.2, -0.15) is 12.6 Å². The monoisotopic (exact) mass is 147 g/mol. The van der Waals surface area contributed by atoms with Gasteiger partial charge in [0.05, 0.1) is 0 Å². The first-order valence-electron chi connectivity index (χ1n) is 2.91. The van der Waals surface area contributed by atoms with Crippen molar-refractivity contribution in [1.82, 2.24) is 0 Å². The fourth-order valence-electron chi connectivity index (χ4n) is 0.459. The summed E-state index contributed by atoms with van der Waals surface area (Å²) in [6.07, 6.45) is 2.60. The quantitative estimate of drug-likeness (QED) is 0.308. The van der Waals surface area contributed by atoms with Crippen LogP contribution in [-0.2, 0) is 0 Å². The highest BCUT2D eigenvalue weighted by molar-refractivity contribution is 7.81. The van der Waals surface area contributed by atoms with Crippen LogP contribution in [0.4, 0.5) is 0 Å². The fourth-order valence-corrected chi connectivity index (χ4v) is 0.608. The smallest absolute Gasteiger partial charge is 0.114 e. The molecule has 2 unspecified atom stereocenters. The van der Waals surface area contributed by atoms with Crippen LogP contribution in [0.2, 0.25) is 0 Å². The zero-order chi connectivity index (χ0) is 7.28. The lowest BCUT2D eigenvalue weighted by Gasteiger charge is -2.11. The molecular weight excluding hydrogens is 134 g/mol. The lowest BCUT2D eigenvalue weighted by molar-refractivity contribution is 0.176. The molecule has 0 heterocycles. The van der Waals surface area contributed by atoms with E-state index in [0.717, 1.165) is 12.8 Å². The molecule has 0 rings (SSSR count). The summed E-state index contributed by atoms with van der Waals surface area (Å²) in [5.74, 6) is 0. The van der Waals surface area contributed by atoms with Crippen molar-refractivity contribution in [2.24, 2.45) is 5.73 Å². The first-order valence-corrected chi connectivity index (χ1v) is 3.42. The molecule has 0 fully saturated rings. The van der Waals surface area contributed by atoms with Gasteiger partial charge < -0.3 is 10.8 Å². The SMILES string of the molecule is C=CCCC(S)C(N)O. The number of rotatable bonds is 4. The van der Waals surface area contributed by atoms with E-state index in [-0.39, 0.29) is 5.25 Å². The Kier molecular flexibility index (Phi) is 4.85. The van der Waals surface area contributed by atoms with Crippen LogP contribution in [0.15, 0.2) is 12.7 Å². The van der Waals surface area contributed by atoms with Crippen molar-refractivity contribution in [3.05, 3.63) is 12.7 Å². The highest BCUT2D eigenvalue weighted by Crippen LogP contribution is 2.06. The number of thiol groups is 1. The van der Waals surface area contributed by atoms with Crippen molar-refractivity contribution >= 4 is 12.6 Å². The molecule has 0 aliphatic heterocycles. The van der Waals surface area contributed by atoms with Crippen LogP contribution in [0.3, 0.4) is 0 Å². The highest BCUT2D eigenvalue weighted by Gasteiger charge is 2.07. The van der Waals surface area contributed by atoms with Crippen molar-refractivity contribution in [2.75, 3.05) is 0 Å². The van der Waals surface area contributed by atoms with Crippen molar-refractivity contribution in [3.63, 3.8) is 0 Å². The summed E-state index contributed by atoms with van der Waals surface area (Å²) in [6.45, 7) is 3.54. The molecule has 3 heteroatoms. The molecule has 54 valence electrons. The van der Waals surface area contributed by atoms with Gasteiger partial charge in [0.2, 0.25) is 0 Å². The van der Waals surface area contributed by atoms with E-state index in [1.54, 1.807) is 6.08 Å². The predicted octanol–water partition coefficient (Wildman–Crippen LogP) is 0.528. The standard InChI is InChI=1S/C6H13NOS/c1-2-3-4-5(9)6(7)8/h2,5-6,8-9H,1,3-4,7H2. The van der Waals surface area contributed by atoms with Gasteiger partial charge in [0.25, 0.3) is 0 Å². The number of hydrogen-bond donors (Lipinski definition) is 3. The lowest BCUT2D eigenvalue weighted by Crippen LogP contribution is -2.29. The van der Waals surface area contributed by atoms with E-state index >= 15 is 0 Å². The van der Waals surface area contributed by atoms with Gasteiger partial charge in [0.15, 0.2) is 0 Å². The summed E-state index contributed by atoms with van der Waals surface area (Å²) in [6, 6.07) is 0. The van der Waals surface area contributed by atoms with E-state index in [2.05, 4.69) is 19.2 Å². The summed E-state index contributed by atoms with van der Waals surface area (Å²) in [5, 5.41) is 8.59. The zero-order valence-corrected chi connectivity index (χ0v) is 6.22. The van der Waals surface area contributed by atoms with Gasteiger partial charge in [-0.3, -0.25) is 0 Å². The van der Waals surface area contributed by atoms with E-state index in [1.807, 2.05) is 0 Å². The Labute approximate surface area is 61.2 Å². The molecule has 0 saturated carbocycles. The van der Waals surface area contributed by atoms with Gasteiger partial charge in [-0.05, 0) is 12.8 Å². The average Bonchev–Trinajstić information content (AvgIpc) is 1.82. The molecule has 0 amide bonds. The predicted molar refractivity (Wildman–Crippen MR) is 42.4 cm³/mol. The summed E-state index contributed by atoms with van der Waals surface area (Å²) < 4.78 is 0. The number of aliphatic hydroxyl groups is 1. The van der Waals surface area contributed by atoms with Crippen LogP contribution in [-0.4, -0.2) is 16.6 Å². The van der Waals surface area contributed by atoms with Crippen LogP contribution >= 0.6 is 12.6 Å². The average molecular weight is 147 g/mol. The molecule has 0 aromatic heterocycles. The van der Waals surface area contributed by atoms with Gasteiger partial charge >= 0.3 is 0 Å². The maximum atomic E-state index is 8.71. The van der Waals surface area contributed by atoms with E-state index in [4.69, 9.17) is 10.8 Å². The maximum Gasteiger partial charge on any atom is 0.114 e. The van der Waals surface area contributed by atoms with Crippen LogP contribution in [0.25, 0.3) is 0 Å². The molecule has 0 aromatic carbocycles. The van der Waals surface area contributed by atoms with Crippen LogP contribution in [0.1, 0.15) is 12.8 Å². The molecule has 0 bridgehead atoms. The molecule has 3 N–H and O–H groups in total. The van der Waals surface area contributed by atoms with Crippen molar-refractivity contribution in [3.8, 4) is 0 Å². The summed E-state index contributed by atoms with van der Waals surface area (Å²) in [5.41, 5.74) is 5.12. The minimum Gasteiger partial charge on any atom is -0.378 e. The summed E-state index contributed by atoms with van der Waals surface area (Å²) in [7, 11) is 0. The third-order valence-corrected chi connectivity index (χ3v) is 1.62. The Morgan fingerprint density at radius 3 is 2.67 bits per heavy atom. The van der Waals surface area contributed by atoms with Crippen molar-refractivity contribution in [2.45, 2.75) is 24.3 Å². The second-order valence-electron chi connectivity index (χ2n) is 1.92. The first-order chi connectivity index (χ1) is 4.18. The molecule has 9 heavy (non-hydrogen) atoms. The molecule has 0 spiro atoms. The van der Waals surface area contributed by atoms with Crippen LogP contribution in [0.5, 0.6) is 0 Å². The Balaban J connectivity index is 3.26. The highest BCUT2D eigenvalue weighted by atomic mass is 32.1. The minimum absolute atomic E-state index is 0.122. The summed E-state index contributed by atoms with van der Waals surface area (Å²) in [4.78, 5) is 0. The van der Waals surface area contributed by atoms with Gasteiger partial charge in [-0.1, -0.05) is 6.08 Å². The second kappa shape index (κ2) is 4.85. The molecule has 0 radical (unpaired) electrons. The van der Waals surface area contributed by atoms with E-state index in [0.29, 0.717) is 0 Å². The van der Waals surface area contributed by atoms with Crippen molar-refractivity contribution < 1.29 is 5.11 Å². The van der Waals surface area contributed by atoms with Gasteiger partial charge in [0.1, 0.15) is 6.23 Å². The molecule has 0 aliphatic carbocycles. The van der Waals surface area contributed by atoms with Crippen LogP contribution < -0.4 is 5.73 Å². The fraction of sp³-hybridized carbons (Fsp3) is 0.667. The maximum absolute atomic E-state index is 8.71. The Morgan fingerprint density at radius 2 is 2.33 bits per heavy atom. The number of hydrogen-bond acceptors (Lipinski definition) is 3. The molecular formula is C6H13NOS. The third-order valence-electron chi connectivity index (χ3n) is 1.06. The molecule has 2 nitrogen and oxygen atoms in total. The largest absolute Gasteiger partial charge is 0.378 e. The zero-order valence-electron chi connectivity index (χ0n) is 5.33. The Morgan fingerprint density at radius 1 is 1.78 bits per heavy atom. The molecule has 0 aromatic rings. The topological polar surface area (TPSA) is 46.2 Å². The number of allylic oxidation sites excluding steroid dienone is 1. The minimum atomic E-state index is -0.812. The van der Waals surface area contributed by atoms with E-state index in [1.165, 1.54) is 0 Å². The summed E-state index contributed by atoms with van der Waals surface area (Å²) >= 11 is 4.04. The number of aliphatic hydroxyl groups excluding tert-OH is 1. The van der Waals surface area contributed by atoms with E-state index < -0.39 is 6.23 Å². The van der Waals surface area contributed by atoms with Gasteiger partial charge in [0, 0.05) is 5.25 Å². The Hall–Kier alpha value is 0.01000. The second-order valence-corrected chi connectivity index (χ2v) is 2.59. The van der Waals surface area contributed by atoms with E-state index in [9.17, 15) is 0 Å². The third kappa shape index (κ3) is 4.51. The van der Waals surface area contributed by atoms with Gasteiger partial charge in [-0.15, -0.1) is 6.58 Å². The normalized spacial score (nSPS) is 16.8. The van der Waals surface area contributed by atoms with Crippen LogP contribution in [0, 0.1) is 0 Å². The van der Waals surface area contributed by atoms with Gasteiger partial charge in [-0.25, -0.2) is 0 Å². The number of nitrogens with two attached hydrogens (primary N) is 1. The molecule has 0 aliphatic rings. The Bertz CT molecular complexity index is 85.1. The van der Waals surface area contributed by atoms with Crippen molar-refractivity contribution in [1.29, 1.82) is 0 Å².